The molecule has 0 saturated heterocycles. The molecule has 3 rings (SSSR count). The van der Waals surface area contributed by atoms with Crippen LogP contribution < -0.4 is 5.32 Å². The van der Waals surface area contributed by atoms with E-state index < -0.39 is 5.97 Å². The molecule has 0 bridgehead atoms. The molecule has 2 heterocycles. The molecule has 0 atom stereocenters. The van der Waals surface area contributed by atoms with Crippen molar-refractivity contribution in [1.29, 1.82) is 0 Å². The molecule has 0 saturated carbocycles. The third-order valence-electron chi connectivity index (χ3n) is 3.05. The fourth-order valence-electron chi connectivity index (χ4n) is 2.02. The molecule has 21 heavy (non-hydrogen) atoms. The molecule has 1 aromatic carbocycles. The van der Waals surface area contributed by atoms with E-state index in [0.717, 1.165) is 11.3 Å². The number of benzene rings is 1. The number of carboxylic acids is 1. The highest BCUT2D eigenvalue weighted by Gasteiger charge is 2.11. The number of carboxylic acid groups (broad SMARTS) is 1. The predicted molar refractivity (Wildman–Crippen MR) is 77.5 cm³/mol. The minimum atomic E-state index is -0.951. The van der Waals surface area contributed by atoms with Crippen LogP contribution in [0.4, 0.5) is 5.82 Å². The van der Waals surface area contributed by atoms with E-state index in [1.807, 2.05) is 31.2 Å². The summed E-state index contributed by atoms with van der Waals surface area (Å²) in [6.45, 7) is 1.81. The van der Waals surface area contributed by atoms with Crippen LogP contribution in [0.3, 0.4) is 0 Å². The number of hydrogen-bond acceptors (Lipinski definition) is 5. The van der Waals surface area contributed by atoms with Gasteiger partial charge in [0, 0.05) is 0 Å². The van der Waals surface area contributed by atoms with Gasteiger partial charge in [0.25, 0.3) is 0 Å². The minimum Gasteiger partial charge on any atom is -0.480 e. The monoisotopic (exact) mass is 283 g/mol. The van der Waals surface area contributed by atoms with Crippen LogP contribution in [0.1, 0.15) is 5.56 Å². The van der Waals surface area contributed by atoms with Crippen molar-refractivity contribution in [3.8, 4) is 5.69 Å². The Morgan fingerprint density at radius 2 is 2.05 bits per heavy atom. The van der Waals surface area contributed by atoms with Crippen molar-refractivity contribution in [3.05, 3.63) is 42.4 Å². The number of nitrogens with one attached hydrogen (secondary N) is 1. The van der Waals surface area contributed by atoms with Gasteiger partial charge in [0.2, 0.25) is 0 Å². The molecule has 0 spiro atoms. The average molecular weight is 283 g/mol. The maximum atomic E-state index is 10.6. The van der Waals surface area contributed by atoms with Crippen LogP contribution in [-0.4, -0.2) is 37.4 Å². The minimum absolute atomic E-state index is 0.207. The number of aryl methyl sites for hydroxylation is 1. The zero-order valence-corrected chi connectivity index (χ0v) is 11.3. The zero-order chi connectivity index (χ0) is 14.8. The van der Waals surface area contributed by atoms with Crippen molar-refractivity contribution in [2.75, 3.05) is 11.9 Å². The smallest absolute Gasteiger partial charge is 0.322 e. The van der Waals surface area contributed by atoms with E-state index in [2.05, 4.69) is 20.4 Å². The Morgan fingerprint density at radius 3 is 2.76 bits per heavy atom. The largest absolute Gasteiger partial charge is 0.480 e. The summed E-state index contributed by atoms with van der Waals surface area (Å²) in [6, 6.07) is 7.89. The van der Waals surface area contributed by atoms with Crippen LogP contribution in [0.2, 0.25) is 0 Å². The Labute approximate surface area is 120 Å². The average Bonchev–Trinajstić information content (AvgIpc) is 2.90. The number of hydrogen-bond donors (Lipinski definition) is 2. The molecule has 0 aliphatic rings. The topological polar surface area (TPSA) is 92.9 Å². The Hall–Kier alpha value is -2.96. The number of rotatable bonds is 4. The highest BCUT2D eigenvalue weighted by Crippen LogP contribution is 2.21. The van der Waals surface area contributed by atoms with Gasteiger partial charge < -0.3 is 10.4 Å². The van der Waals surface area contributed by atoms with Crippen molar-refractivity contribution in [2.24, 2.45) is 0 Å². The van der Waals surface area contributed by atoms with Gasteiger partial charge in [-0.25, -0.2) is 14.6 Å². The SMILES string of the molecule is Cc1ccc(-n2ncc3c(NCC(=O)O)ncnc32)cc1. The molecule has 0 unspecified atom stereocenters. The van der Waals surface area contributed by atoms with E-state index >= 15 is 0 Å². The lowest BCUT2D eigenvalue weighted by Crippen LogP contribution is -2.13. The Kier molecular flexibility index (Phi) is 3.23. The fourth-order valence-corrected chi connectivity index (χ4v) is 2.02. The quantitative estimate of drug-likeness (QED) is 0.755. The maximum Gasteiger partial charge on any atom is 0.322 e. The van der Waals surface area contributed by atoms with E-state index in [4.69, 9.17) is 5.11 Å². The van der Waals surface area contributed by atoms with Crippen LogP contribution >= 0.6 is 0 Å². The van der Waals surface area contributed by atoms with Gasteiger partial charge in [-0.1, -0.05) is 17.7 Å². The predicted octanol–water partition coefficient (Wildman–Crippen LogP) is 1.62. The van der Waals surface area contributed by atoms with Gasteiger partial charge in [0.1, 0.15) is 18.7 Å². The van der Waals surface area contributed by atoms with Gasteiger partial charge in [-0.05, 0) is 19.1 Å². The zero-order valence-electron chi connectivity index (χ0n) is 11.3. The number of aromatic nitrogens is 4. The standard InChI is InChI=1S/C14H13N5O2/c1-9-2-4-10(5-3-9)19-14-11(6-18-19)13(16-8-17-14)15-7-12(20)21/h2-6,8H,7H2,1H3,(H,20,21)(H,15,16,17). The second kappa shape index (κ2) is 5.20. The second-order valence-corrected chi connectivity index (χ2v) is 4.60. The van der Waals surface area contributed by atoms with E-state index in [0.29, 0.717) is 16.9 Å². The number of fused-ring (bicyclic) bond motifs is 1. The number of carbonyl (C=O) groups is 1. The molecule has 2 aromatic heterocycles. The van der Waals surface area contributed by atoms with Crippen LogP contribution in [0.25, 0.3) is 16.7 Å². The molecule has 2 N–H and O–H groups in total. The Morgan fingerprint density at radius 1 is 1.29 bits per heavy atom. The van der Waals surface area contributed by atoms with Crippen molar-refractivity contribution in [2.45, 2.75) is 6.92 Å². The van der Waals surface area contributed by atoms with Crippen molar-refractivity contribution >= 4 is 22.8 Å². The third-order valence-corrected chi connectivity index (χ3v) is 3.05. The molecule has 7 nitrogen and oxygen atoms in total. The molecule has 0 amide bonds. The lowest BCUT2D eigenvalue weighted by Gasteiger charge is -2.05. The normalized spacial score (nSPS) is 10.7. The second-order valence-electron chi connectivity index (χ2n) is 4.60. The van der Waals surface area contributed by atoms with E-state index in [-0.39, 0.29) is 6.54 Å². The van der Waals surface area contributed by atoms with Gasteiger partial charge in [0.15, 0.2) is 5.65 Å². The summed E-state index contributed by atoms with van der Waals surface area (Å²) < 4.78 is 1.70. The van der Waals surface area contributed by atoms with Crippen molar-refractivity contribution < 1.29 is 9.90 Å². The maximum absolute atomic E-state index is 10.6. The van der Waals surface area contributed by atoms with Gasteiger partial charge in [-0.3, -0.25) is 4.79 Å². The summed E-state index contributed by atoms with van der Waals surface area (Å²) in [5, 5.41) is 16.5. The Balaban J connectivity index is 2.04. The van der Waals surface area contributed by atoms with E-state index in [9.17, 15) is 4.79 Å². The third kappa shape index (κ3) is 2.53. The summed E-state index contributed by atoms with van der Waals surface area (Å²) in [5.74, 6) is -0.492. The molecular weight excluding hydrogens is 270 g/mol. The summed E-state index contributed by atoms with van der Waals surface area (Å²) in [6.07, 6.45) is 3.01. The van der Waals surface area contributed by atoms with Gasteiger partial charge >= 0.3 is 5.97 Å². The number of anilines is 1. The lowest BCUT2D eigenvalue weighted by atomic mass is 10.2. The van der Waals surface area contributed by atoms with Gasteiger partial charge in [-0.15, -0.1) is 0 Å². The number of aliphatic carboxylic acids is 1. The molecule has 0 radical (unpaired) electrons. The van der Waals surface area contributed by atoms with Crippen LogP contribution in [0, 0.1) is 6.92 Å². The van der Waals surface area contributed by atoms with Crippen LogP contribution in [0.5, 0.6) is 0 Å². The highest BCUT2D eigenvalue weighted by molar-refractivity contribution is 5.88. The summed E-state index contributed by atoms with van der Waals surface area (Å²) in [4.78, 5) is 18.9. The van der Waals surface area contributed by atoms with E-state index in [1.165, 1.54) is 6.33 Å². The summed E-state index contributed by atoms with van der Waals surface area (Å²) in [5.41, 5.74) is 2.67. The molecular formula is C14H13N5O2. The van der Waals surface area contributed by atoms with Crippen LogP contribution in [-0.2, 0) is 4.79 Å². The fraction of sp³-hybridized carbons (Fsp3) is 0.143. The summed E-state index contributed by atoms with van der Waals surface area (Å²) in [7, 11) is 0. The molecule has 3 aromatic rings. The van der Waals surface area contributed by atoms with Crippen molar-refractivity contribution in [3.63, 3.8) is 0 Å². The molecule has 0 aliphatic heterocycles. The summed E-state index contributed by atoms with van der Waals surface area (Å²) >= 11 is 0. The van der Waals surface area contributed by atoms with Gasteiger partial charge in [0.05, 0.1) is 17.3 Å². The van der Waals surface area contributed by atoms with Crippen molar-refractivity contribution in [1.82, 2.24) is 19.7 Å². The van der Waals surface area contributed by atoms with Gasteiger partial charge in [-0.2, -0.15) is 5.10 Å². The molecule has 0 fully saturated rings. The number of nitrogens with zero attached hydrogens (tertiary/aromatic N) is 4. The first kappa shape index (κ1) is 13.0. The lowest BCUT2D eigenvalue weighted by molar-refractivity contribution is -0.134. The Bertz CT molecular complexity index is 795. The molecule has 0 aliphatic carbocycles. The first-order chi connectivity index (χ1) is 10.1. The van der Waals surface area contributed by atoms with Crippen LogP contribution in [0.15, 0.2) is 36.8 Å². The van der Waals surface area contributed by atoms with E-state index in [1.54, 1.807) is 10.9 Å². The first-order valence-corrected chi connectivity index (χ1v) is 6.36. The highest BCUT2D eigenvalue weighted by atomic mass is 16.4. The molecule has 106 valence electrons. The first-order valence-electron chi connectivity index (χ1n) is 6.36. The molecule has 7 heteroatoms.